The van der Waals surface area contributed by atoms with E-state index in [1.54, 1.807) is 0 Å². The van der Waals surface area contributed by atoms with Crippen molar-refractivity contribution in [2.75, 3.05) is 26.3 Å². The Labute approximate surface area is 130 Å². The Bertz CT molecular complexity index is 337. The van der Waals surface area contributed by atoms with E-state index in [2.05, 4.69) is 49.4 Å². The highest BCUT2D eigenvalue weighted by Gasteiger charge is 2.07. The van der Waals surface area contributed by atoms with Crippen LogP contribution in [0.3, 0.4) is 0 Å². The molecule has 1 unspecified atom stereocenters. The highest BCUT2D eigenvalue weighted by atomic mass is 16.5. The van der Waals surface area contributed by atoms with Crippen LogP contribution in [-0.2, 0) is 4.74 Å². The van der Waals surface area contributed by atoms with Crippen molar-refractivity contribution in [2.45, 2.75) is 59.4 Å². The van der Waals surface area contributed by atoms with E-state index < -0.39 is 0 Å². The van der Waals surface area contributed by atoms with E-state index in [1.807, 2.05) is 0 Å². The zero-order chi connectivity index (χ0) is 15.5. The first-order valence-corrected chi connectivity index (χ1v) is 8.42. The summed E-state index contributed by atoms with van der Waals surface area (Å²) in [7, 11) is 0. The van der Waals surface area contributed by atoms with Gasteiger partial charge in [0.2, 0.25) is 0 Å². The van der Waals surface area contributed by atoms with Crippen LogP contribution in [0.5, 0.6) is 0 Å². The number of nitrogens with zero attached hydrogens (tertiary/aromatic N) is 1. The lowest BCUT2D eigenvalue weighted by atomic mass is 10.0. The molecular weight excluding hydrogens is 262 g/mol. The molecule has 1 rings (SSSR count). The highest BCUT2D eigenvalue weighted by Crippen LogP contribution is 2.11. The third-order valence-corrected chi connectivity index (χ3v) is 3.66. The lowest BCUT2D eigenvalue weighted by Gasteiger charge is -2.19. The van der Waals surface area contributed by atoms with E-state index in [0.29, 0.717) is 6.04 Å². The Morgan fingerprint density at radius 1 is 1.33 bits per heavy atom. The molecule has 1 heterocycles. The largest absolute Gasteiger partial charge is 0.377 e. The molecule has 4 heteroatoms. The van der Waals surface area contributed by atoms with Gasteiger partial charge in [-0.1, -0.05) is 25.5 Å². The molecule has 0 aromatic heterocycles. The Kier molecular flexibility index (Phi) is 9.15. The second-order valence-corrected chi connectivity index (χ2v) is 6.21. The summed E-state index contributed by atoms with van der Waals surface area (Å²) in [6, 6.07) is 0.465. The molecule has 2 N–H and O–H groups in total. The quantitative estimate of drug-likeness (QED) is 0.411. The monoisotopic (exact) mass is 295 g/mol. The fourth-order valence-electron chi connectivity index (χ4n) is 2.31. The van der Waals surface area contributed by atoms with Gasteiger partial charge in [-0.3, -0.25) is 4.99 Å². The molecule has 0 amide bonds. The van der Waals surface area contributed by atoms with Crippen LogP contribution in [0, 0.1) is 5.92 Å². The lowest BCUT2D eigenvalue weighted by molar-refractivity contribution is 0.153. The molecule has 1 aliphatic heterocycles. The summed E-state index contributed by atoms with van der Waals surface area (Å²) in [5.74, 6) is 1.70. The second-order valence-electron chi connectivity index (χ2n) is 6.21. The van der Waals surface area contributed by atoms with Gasteiger partial charge in [0.25, 0.3) is 0 Å². The maximum absolute atomic E-state index is 5.33. The van der Waals surface area contributed by atoms with Crippen LogP contribution in [0.1, 0.15) is 53.4 Å². The van der Waals surface area contributed by atoms with Gasteiger partial charge < -0.3 is 15.4 Å². The molecule has 0 fully saturated rings. The first-order chi connectivity index (χ1) is 10.1. The molecule has 0 saturated carbocycles. The molecule has 122 valence electrons. The third-order valence-electron chi connectivity index (χ3n) is 3.66. The molecule has 0 aromatic rings. The maximum atomic E-state index is 5.33. The van der Waals surface area contributed by atoms with E-state index in [4.69, 9.17) is 4.74 Å². The fraction of sp³-hybridized carbons (Fsp3) is 0.824. The molecule has 0 radical (unpaired) electrons. The van der Waals surface area contributed by atoms with Crippen LogP contribution in [0.4, 0.5) is 0 Å². The Morgan fingerprint density at radius 3 is 2.76 bits per heavy atom. The molecule has 1 atom stereocenters. The molecule has 0 bridgehead atoms. The number of rotatable bonds is 8. The van der Waals surface area contributed by atoms with Crippen molar-refractivity contribution in [3.63, 3.8) is 0 Å². The van der Waals surface area contributed by atoms with E-state index in [1.165, 1.54) is 18.4 Å². The molecule has 1 aliphatic rings. The highest BCUT2D eigenvalue weighted by molar-refractivity contribution is 5.80. The molecule has 21 heavy (non-hydrogen) atoms. The summed E-state index contributed by atoms with van der Waals surface area (Å²) >= 11 is 0. The van der Waals surface area contributed by atoms with E-state index in [9.17, 15) is 0 Å². The number of hydrogen-bond donors (Lipinski definition) is 2. The minimum Gasteiger partial charge on any atom is -0.377 e. The lowest BCUT2D eigenvalue weighted by Crippen LogP contribution is -2.42. The van der Waals surface area contributed by atoms with E-state index >= 15 is 0 Å². The summed E-state index contributed by atoms with van der Waals surface area (Å²) < 4.78 is 5.33. The number of aliphatic imine (C=N–C) groups is 1. The minimum atomic E-state index is 0.465. The summed E-state index contributed by atoms with van der Waals surface area (Å²) in [6.45, 7) is 12.3. The SMILES string of the molecule is CCNC(=NCCC1=CCOCC1)NC(C)CCC(C)C. The standard InChI is InChI=1S/C17H33N3O/c1-5-18-17(20-15(4)7-6-14(2)3)19-11-8-16-9-12-21-13-10-16/h9,14-15H,5-8,10-13H2,1-4H3,(H2,18,19,20). The Balaban J connectivity index is 2.36. The fourth-order valence-corrected chi connectivity index (χ4v) is 2.31. The Hall–Kier alpha value is -1.03. The summed E-state index contributed by atoms with van der Waals surface area (Å²) in [4.78, 5) is 4.69. The van der Waals surface area contributed by atoms with Crippen molar-refractivity contribution in [1.29, 1.82) is 0 Å². The average Bonchev–Trinajstić information content (AvgIpc) is 2.46. The topological polar surface area (TPSA) is 45.7 Å². The number of guanidine groups is 1. The third kappa shape index (κ3) is 8.76. The maximum Gasteiger partial charge on any atom is 0.191 e. The first kappa shape index (κ1) is 18.0. The van der Waals surface area contributed by atoms with Crippen molar-refractivity contribution >= 4 is 5.96 Å². The predicted octanol–water partition coefficient (Wildman–Crippen LogP) is 3.10. The van der Waals surface area contributed by atoms with Crippen LogP contribution in [0.15, 0.2) is 16.6 Å². The van der Waals surface area contributed by atoms with Crippen LogP contribution in [0.25, 0.3) is 0 Å². The average molecular weight is 295 g/mol. The molecule has 0 aliphatic carbocycles. The van der Waals surface area contributed by atoms with Gasteiger partial charge in [-0.05, 0) is 45.4 Å². The molecule has 0 saturated heterocycles. The smallest absolute Gasteiger partial charge is 0.191 e. The van der Waals surface area contributed by atoms with Crippen molar-refractivity contribution in [3.8, 4) is 0 Å². The van der Waals surface area contributed by atoms with Gasteiger partial charge in [0.15, 0.2) is 5.96 Å². The van der Waals surface area contributed by atoms with Gasteiger partial charge in [-0.2, -0.15) is 0 Å². The molecule has 0 spiro atoms. The van der Waals surface area contributed by atoms with Crippen molar-refractivity contribution in [2.24, 2.45) is 10.9 Å². The van der Waals surface area contributed by atoms with Crippen molar-refractivity contribution < 1.29 is 4.74 Å². The summed E-state index contributed by atoms with van der Waals surface area (Å²) in [6.07, 6.45) is 6.74. The zero-order valence-electron chi connectivity index (χ0n) is 14.2. The van der Waals surface area contributed by atoms with Gasteiger partial charge >= 0.3 is 0 Å². The van der Waals surface area contributed by atoms with Gasteiger partial charge in [0.05, 0.1) is 13.2 Å². The predicted molar refractivity (Wildman–Crippen MR) is 90.8 cm³/mol. The normalized spacial score (nSPS) is 17.6. The molecular formula is C17H33N3O. The summed E-state index contributed by atoms with van der Waals surface area (Å²) in [5.41, 5.74) is 1.48. The number of nitrogens with one attached hydrogen (secondary N) is 2. The van der Waals surface area contributed by atoms with Gasteiger partial charge in [0, 0.05) is 19.1 Å². The number of ether oxygens (including phenoxy) is 1. The van der Waals surface area contributed by atoms with Crippen LogP contribution in [-0.4, -0.2) is 38.3 Å². The van der Waals surface area contributed by atoms with E-state index in [-0.39, 0.29) is 0 Å². The van der Waals surface area contributed by atoms with Crippen LogP contribution >= 0.6 is 0 Å². The second kappa shape index (κ2) is 10.7. The van der Waals surface area contributed by atoms with Crippen molar-refractivity contribution in [3.05, 3.63) is 11.6 Å². The Morgan fingerprint density at radius 2 is 2.14 bits per heavy atom. The first-order valence-electron chi connectivity index (χ1n) is 8.42. The van der Waals surface area contributed by atoms with Gasteiger partial charge in [-0.25, -0.2) is 0 Å². The van der Waals surface area contributed by atoms with Crippen molar-refractivity contribution in [1.82, 2.24) is 10.6 Å². The van der Waals surface area contributed by atoms with Gasteiger partial charge in [-0.15, -0.1) is 0 Å². The van der Waals surface area contributed by atoms with Crippen LogP contribution in [0.2, 0.25) is 0 Å². The number of hydrogen-bond acceptors (Lipinski definition) is 2. The van der Waals surface area contributed by atoms with E-state index in [0.717, 1.165) is 51.0 Å². The van der Waals surface area contributed by atoms with Gasteiger partial charge in [0.1, 0.15) is 0 Å². The summed E-state index contributed by atoms with van der Waals surface area (Å²) in [5, 5.41) is 6.84. The molecule has 0 aromatic carbocycles. The molecule has 4 nitrogen and oxygen atoms in total. The minimum absolute atomic E-state index is 0.465. The zero-order valence-corrected chi connectivity index (χ0v) is 14.2. The van der Waals surface area contributed by atoms with Crippen LogP contribution < -0.4 is 10.6 Å².